The van der Waals surface area contributed by atoms with E-state index < -0.39 is 71.9 Å². The summed E-state index contributed by atoms with van der Waals surface area (Å²) in [5, 5.41) is 46.3. The van der Waals surface area contributed by atoms with Crippen LogP contribution in [0.15, 0.2) is 127 Å². The fraction of sp³-hybridized carbons (Fsp3) is 0.227. The lowest BCUT2D eigenvalue weighted by Gasteiger charge is -2.27. The van der Waals surface area contributed by atoms with Crippen LogP contribution in [0.25, 0.3) is 11.1 Å². The van der Waals surface area contributed by atoms with Gasteiger partial charge in [-0.15, -0.1) is 11.3 Å². The highest BCUT2D eigenvalue weighted by molar-refractivity contribution is 7.09. The molecule has 5 aromatic rings. The Labute approximate surface area is 343 Å². The Kier molecular flexibility index (Phi) is 14.0. The maximum atomic E-state index is 14.4. The van der Waals surface area contributed by atoms with Crippen LogP contribution >= 0.6 is 11.3 Å². The van der Waals surface area contributed by atoms with E-state index in [4.69, 9.17) is 0 Å². The Balaban J connectivity index is 1.37. The summed E-state index contributed by atoms with van der Waals surface area (Å²) in [5.74, 6) is -6.08. The van der Waals surface area contributed by atoms with Gasteiger partial charge in [-0.25, -0.2) is 4.79 Å². The fourth-order valence-corrected chi connectivity index (χ4v) is 7.30. The van der Waals surface area contributed by atoms with Gasteiger partial charge in [0.25, 0.3) is 11.8 Å². The molecule has 15 heteroatoms. The van der Waals surface area contributed by atoms with Gasteiger partial charge in [0.15, 0.2) is 12.2 Å². The lowest BCUT2D eigenvalue weighted by atomic mass is 9.99. The lowest BCUT2D eigenvalue weighted by molar-refractivity contribution is -0.145. The van der Waals surface area contributed by atoms with Crippen LogP contribution < -0.4 is 26.6 Å². The van der Waals surface area contributed by atoms with Gasteiger partial charge in [0, 0.05) is 36.2 Å². The number of benzene rings is 4. The van der Waals surface area contributed by atoms with Crippen LogP contribution in [-0.4, -0.2) is 87.2 Å². The first-order valence-electron chi connectivity index (χ1n) is 18.8. The van der Waals surface area contributed by atoms with Gasteiger partial charge in [0.1, 0.15) is 24.2 Å². The van der Waals surface area contributed by atoms with Crippen molar-refractivity contribution in [2.45, 2.75) is 62.1 Å². The second-order valence-electron chi connectivity index (χ2n) is 14.1. The van der Waals surface area contributed by atoms with Crippen molar-refractivity contribution in [3.63, 3.8) is 0 Å². The number of carbonyl (C=O) groups is 6. The molecule has 2 bridgehead atoms. The van der Waals surface area contributed by atoms with Crippen LogP contribution in [0, 0.1) is 0 Å². The van der Waals surface area contributed by atoms with E-state index in [1.165, 1.54) is 35.6 Å². The molecule has 7 rings (SSSR count). The molecule has 0 unspecified atom stereocenters. The molecule has 59 heavy (non-hydrogen) atoms. The molecule has 2 aliphatic rings. The highest BCUT2D eigenvalue weighted by Gasteiger charge is 2.35. The van der Waals surface area contributed by atoms with Gasteiger partial charge in [-0.3, -0.25) is 24.0 Å². The van der Waals surface area contributed by atoms with Gasteiger partial charge in [-0.05, 0) is 51.4 Å². The molecule has 4 aromatic carbocycles. The molecular formula is C44H43N5O9S. The summed E-state index contributed by atoms with van der Waals surface area (Å²) in [5.41, 5.74) is 3.80. The average molecular weight is 818 g/mol. The number of hydrogen-bond donors (Lipinski definition) is 8. The number of hydrogen-bond acceptors (Lipinski definition) is 9. The van der Waals surface area contributed by atoms with E-state index in [0.29, 0.717) is 21.6 Å². The van der Waals surface area contributed by atoms with Crippen molar-refractivity contribution in [1.29, 1.82) is 0 Å². The molecular weight excluding hydrogens is 775 g/mol. The number of rotatable bonds is 8. The number of amides is 5. The zero-order chi connectivity index (χ0) is 41.9. The number of aliphatic hydroxyl groups excluding tert-OH is 2. The molecule has 304 valence electrons. The Morgan fingerprint density at radius 2 is 1.05 bits per heavy atom. The Morgan fingerprint density at radius 3 is 1.63 bits per heavy atom. The standard InChI is InChI=1S/C44H43N5O9S/c50-37-38(51)43(56)48-35(25-32-12-7-21-59-32)41(54)47-34(23-27-13-17-30(18-14-27)29-10-5-2-6-11-29)39(52)46-33(22-26-8-3-1-4-9-26)40(53)49-36(44(57)58)24-28-15-19-31(20-16-28)45-42(37)55/h1-21,33-38,50-51H,22-25H2,(H,45,55)(H,46,52)(H,47,54)(H,48,56)(H,49,53)(H,57,58)/t33-,34-,35+,36+,37+,38+/m0/s1. The number of carboxylic acid groups (broad SMARTS) is 1. The number of carbonyl (C=O) groups excluding carboxylic acids is 5. The summed E-state index contributed by atoms with van der Waals surface area (Å²) in [4.78, 5) is 82.0. The maximum Gasteiger partial charge on any atom is 0.326 e. The predicted molar refractivity (Wildman–Crippen MR) is 220 cm³/mol. The van der Waals surface area contributed by atoms with Crippen LogP contribution in [0.2, 0.25) is 0 Å². The summed E-state index contributed by atoms with van der Waals surface area (Å²) in [7, 11) is 0. The van der Waals surface area contributed by atoms with Crippen molar-refractivity contribution < 1.29 is 44.1 Å². The highest BCUT2D eigenvalue weighted by Crippen LogP contribution is 2.21. The lowest BCUT2D eigenvalue weighted by Crippen LogP contribution is -2.60. The number of nitrogens with one attached hydrogen (secondary N) is 5. The zero-order valence-corrected chi connectivity index (χ0v) is 32.4. The van der Waals surface area contributed by atoms with E-state index >= 15 is 0 Å². The first-order chi connectivity index (χ1) is 28.4. The minimum atomic E-state index is -2.30. The van der Waals surface area contributed by atoms with E-state index in [9.17, 15) is 44.1 Å². The minimum absolute atomic E-state index is 0.0249. The fourth-order valence-electron chi connectivity index (χ4n) is 6.54. The molecule has 0 aliphatic carbocycles. The number of anilines is 1. The average Bonchev–Trinajstić information content (AvgIpc) is 3.76. The van der Waals surface area contributed by atoms with E-state index in [0.717, 1.165) is 11.1 Å². The molecule has 14 nitrogen and oxygen atoms in total. The molecule has 8 N–H and O–H groups in total. The number of thiophene rings is 1. The van der Waals surface area contributed by atoms with Gasteiger partial charge < -0.3 is 41.9 Å². The predicted octanol–water partition coefficient (Wildman–Crippen LogP) is 2.38. The van der Waals surface area contributed by atoms with Crippen LogP contribution in [-0.2, 0) is 54.5 Å². The second-order valence-corrected chi connectivity index (χ2v) is 15.1. The number of aliphatic carboxylic acids is 1. The van der Waals surface area contributed by atoms with Gasteiger partial charge >= 0.3 is 5.97 Å². The minimum Gasteiger partial charge on any atom is -0.480 e. The third-order valence-corrected chi connectivity index (χ3v) is 10.7. The molecule has 0 saturated heterocycles. The molecule has 0 fully saturated rings. The Bertz CT molecular complexity index is 2240. The quantitative estimate of drug-likeness (QED) is 0.108. The van der Waals surface area contributed by atoms with E-state index in [2.05, 4.69) is 26.6 Å². The topological polar surface area (TPSA) is 223 Å². The molecule has 0 radical (unpaired) electrons. The molecule has 0 saturated carbocycles. The van der Waals surface area contributed by atoms with Crippen molar-refractivity contribution in [3.8, 4) is 11.1 Å². The van der Waals surface area contributed by atoms with Crippen molar-refractivity contribution in [1.82, 2.24) is 21.3 Å². The monoisotopic (exact) mass is 817 g/mol. The third kappa shape index (κ3) is 11.5. The van der Waals surface area contributed by atoms with Crippen LogP contribution in [0.5, 0.6) is 0 Å². The summed E-state index contributed by atoms with van der Waals surface area (Å²) in [6.07, 6.45) is -4.89. The van der Waals surface area contributed by atoms with Gasteiger partial charge in [-0.2, -0.15) is 0 Å². The normalized spacial score (nSPS) is 22.2. The van der Waals surface area contributed by atoms with Crippen LogP contribution in [0.3, 0.4) is 0 Å². The SMILES string of the molecule is O=C1N[C@@H](C(=O)O)Cc2ccc(cc2)NC(=O)[C@H](O)[C@@H](O)C(=O)N[C@H](Cc2cccs2)C(=O)N[C@@H](Cc2ccc(-c3ccccc3)cc2)C(=O)N[C@H]1Cc1ccccc1. The molecule has 3 heterocycles. The summed E-state index contributed by atoms with van der Waals surface area (Å²) >= 11 is 1.29. The van der Waals surface area contributed by atoms with Crippen molar-refractivity contribution in [2.75, 3.05) is 5.32 Å². The molecule has 0 spiro atoms. The molecule has 2 aliphatic heterocycles. The summed E-state index contributed by atoms with van der Waals surface area (Å²) < 4.78 is 0. The summed E-state index contributed by atoms with van der Waals surface area (Å²) in [6, 6.07) is 29.6. The van der Waals surface area contributed by atoms with Crippen molar-refractivity contribution in [3.05, 3.63) is 148 Å². The van der Waals surface area contributed by atoms with Crippen molar-refractivity contribution >= 4 is 52.5 Å². The van der Waals surface area contributed by atoms with Gasteiger partial charge in [0.2, 0.25) is 17.7 Å². The smallest absolute Gasteiger partial charge is 0.326 e. The first-order valence-corrected chi connectivity index (χ1v) is 19.7. The van der Waals surface area contributed by atoms with Crippen LogP contribution in [0.4, 0.5) is 5.69 Å². The molecule has 6 atom stereocenters. The summed E-state index contributed by atoms with van der Waals surface area (Å²) in [6.45, 7) is 0. The highest BCUT2D eigenvalue weighted by atomic mass is 32.1. The molecule has 1 aromatic heterocycles. The maximum absolute atomic E-state index is 14.4. The first kappa shape index (κ1) is 41.9. The number of aliphatic hydroxyl groups is 2. The van der Waals surface area contributed by atoms with Gasteiger partial charge in [0.05, 0.1) is 0 Å². The number of fused-ring (bicyclic) bond motifs is 18. The van der Waals surface area contributed by atoms with E-state index in [1.807, 2.05) is 42.5 Å². The zero-order valence-electron chi connectivity index (χ0n) is 31.6. The second kappa shape index (κ2) is 19.7. The largest absolute Gasteiger partial charge is 0.480 e. The van der Waals surface area contributed by atoms with Crippen LogP contribution in [0.1, 0.15) is 21.6 Å². The van der Waals surface area contributed by atoms with Crippen molar-refractivity contribution in [2.24, 2.45) is 0 Å². The Morgan fingerprint density at radius 1 is 0.542 bits per heavy atom. The molecule has 5 amide bonds. The van der Waals surface area contributed by atoms with E-state index in [1.54, 1.807) is 60.0 Å². The number of carboxylic acids is 1. The Hall–Kier alpha value is -6.68. The van der Waals surface area contributed by atoms with E-state index in [-0.39, 0.29) is 31.4 Å². The third-order valence-electron chi connectivity index (χ3n) is 9.78. The van der Waals surface area contributed by atoms with Gasteiger partial charge in [-0.1, -0.05) is 103 Å².